The molecule has 4 aromatic carbocycles. The van der Waals surface area contributed by atoms with Crippen molar-refractivity contribution in [2.24, 2.45) is 0 Å². The van der Waals surface area contributed by atoms with Gasteiger partial charge in [-0.15, -0.1) is 0 Å². The van der Waals surface area contributed by atoms with E-state index in [0.29, 0.717) is 47.3 Å². The molecule has 42 heavy (non-hydrogen) atoms. The zero-order chi connectivity index (χ0) is 30.1. The lowest BCUT2D eigenvalue weighted by atomic mass is 9.77. The molecule has 0 heterocycles. The minimum atomic E-state index is -0.623. The molecule has 2 atom stereocenters. The van der Waals surface area contributed by atoms with E-state index in [4.69, 9.17) is 28.4 Å². The monoisotopic (exact) mass is 570 g/mol. The van der Waals surface area contributed by atoms with E-state index < -0.39 is 11.8 Å². The van der Waals surface area contributed by atoms with Gasteiger partial charge in [-0.3, -0.25) is 4.79 Å². The molecule has 0 saturated heterocycles. The summed E-state index contributed by atoms with van der Waals surface area (Å²) >= 11 is 0. The Morgan fingerprint density at radius 1 is 0.500 bits per heavy atom. The number of ketones is 1. The molecule has 2 unspecified atom stereocenters. The van der Waals surface area contributed by atoms with Crippen LogP contribution in [-0.4, -0.2) is 48.4 Å². The van der Waals surface area contributed by atoms with Crippen molar-refractivity contribution in [2.75, 3.05) is 42.7 Å². The van der Waals surface area contributed by atoms with Crippen molar-refractivity contribution in [3.8, 4) is 34.5 Å². The molecule has 7 nitrogen and oxygen atoms in total. The summed E-state index contributed by atoms with van der Waals surface area (Å²) in [6.45, 7) is 0. The zero-order valence-corrected chi connectivity index (χ0v) is 25.0. The highest BCUT2D eigenvalue weighted by molar-refractivity contribution is 5.94. The van der Waals surface area contributed by atoms with Crippen molar-refractivity contribution >= 4 is 5.78 Å². The molecule has 0 bridgehead atoms. The lowest BCUT2D eigenvalue weighted by molar-refractivity contribution is -0.122. The fourth-order valence-corrected chi connectivity index (χ4v) is 5.38. The molecule has 0 radical (unpaired) electrons. The van der Waals surface area contributed by atoms with Crippen LogP contribution in [0.15, 0.2) is 84.9 Å². The number of benzene rings is 4. The van der Waals surface area contributed by atoms with Gasteiger partial charge in [-0.1, -0.05) is 36.4 Å². The van der Waals surface area contributed by atoms with Gasteiger partial charge in [0.15, 0.2) is 0 Å². The first-order chi connectivity index (χ1) is 20.5. The van der Waals surface area contributed by atoms with Gasteiger partial charge < -0.3 is 28.4 Å². The maximum Gasteiger partial charge on any atom is 0.148 e. The van der Waals surface area contributed by atoms with Crippen molar-refractivity contribution in [1.29, 1.82) is 0 Å². The van der Waals surface area contributed by atoms with Crippen LogP contribution in [0.1, 0.15) is 34.1 Å². The van der Waals surface area contributed by atoms with Gasteiger partial charge in [0.2, 0.25) is 0 Å². The van der Waals surface area contributed by atoms with Crippen LogP contribution in [0.2, 0.25) is 0 Å². The molecule has 0 N–H and O–H groups in total. The maximum absolute atomic E-state index is 15.1. The maximum atomic E-state index is 15.1. The number of hydrogen-bond acceptors (Lipinski definition) is 7. The molecule has 7 heteroatoms. The summed E-state index contributed by atoms with van der Waals surface area (Å²) in [4.78, 5) is 15.1. The SMILES string of the molecule is COc1ccc(OC)c(C(Cc2ccccc2OC)C(=O)C(Cc2ccccc2OC)c2cc(OC)ccc2OC)c1. The number of ether oxygens (including phenoxy) is 6. The summed E-state index contributed by atoms with van der Waals surface area (Å²) < 4.78 is 34.1. The average molecular weight is 571 g/mol. The fourth-order valence-electron chi connectivity index (χ4n) is 5.38. The number of methoxy groups -OCH3 is 6. The van der Waals surface area contributed by atoms with Crippen LogP contribution in [0.5, 0.6) is 34.5 Å². The van der Waals surface area contributed by atoms with Crippen molar-refractivity contribution in [3.63, 3.8) is 0 Å². The summed E-state index contributed by atoms with van der Waals surface area (Å²) in [5.74, 6) is 2.59. The number of rotatable bonds is 14. The Morgan fingerprint density at radius 3 is 1.24 bits per heavy atom. The number of hydrogen-bond donors (Lipinski definition) is 0. The predicted molar refractivity (Wildman–Crippen MR) is 163 cm³/mol. The van der Waals surface area contributed by atoms with Gasteiger partial charge in [-0.2, -0.15) is 0 Å². The highest BCUT2D eigenvalue weighted by Crippen LogP contribution is 2.42. The summed E-state index contributed by atoms with van der Waals surface area (Å²) in [6, 6.07) is 26.5. The molecule has 0 saturated carbocycles. The molecule has 0 spiro atoms. The van der Waals surface area contributed by atoms with Crippen molar-refractivity contribution in [3.05, 3.63) is 107 Å². The zero-order valence-electron chi connectivity index (χ0n) is 25.0. The predicted octanol–water partition coefficient (Wildman–Crippen LogP) is 6.66. The number of carbonyl (C=O) groups is 1. The molecule has 0 aromatic heterocycles. The second-order valence-electron chi connectivity index (χ2n) is 9.76. The number of carbonyl (C=O) groups excluding carboxylic acids is 1. The summed E-state index contributed by atoms with van der Waals surface area (Å²) in [7, 11) is 9.68. The van der Waals surface area contributed by atoms with E-state index in [1.165, 1.54) is 0 Å². The third-order valence-electron chi connectivity index (χ3n) is 7.54. The first-order valence-electron chi connectivity index (χ1n) is 13.7. The lowest BCUT2D eigenvalue weighted by Gasteiger charge is -2.27. The Kier molecular flexibility index (Phi) is 10.3. The molecular formula is C35H38O7. The molecule has 0 aliphatic carbocycles. The van der Waals surface area contributed by atoms with Gasteiger partial charge in [0, 0.05) is 11.1 Å². The van der Waals surface area contributed by atoms with Crippen LogP contribution in [0.3, 0.4) is 0 Å². The summed E-state index contributed by atoms with van der Waals surface area (Å²) in [6.07, 6.45) is 0.752. The molecule has 4 aromatic rings. The standard InChI is InChI=1S/C35H38O7/c1-37-25-15-17-33(41-5)27(21-25)29(19-23-11-7-9-13-31(23)39-3)35(36)30(20-24-12-8-10-14-32(24)40-4)28-22-26(38-2)16-18-34(28)42-6/h7-18,21-22,29-30H,19-20H2,1-6H3. The smallest absolute Gasteiger partial charge is 0.148 e. The van der Waals surface area contributed by atoms with Crippen LogP contribution in [-0.2, 0) is 17.6 Å². The van der Waals surface area contributed by atoms with Crippen LogP contribution < -0.4 is 28.4 Å². The lowest BCUT2D eigenvalue weighted by Crippen LogP contribution is -2.25. The van der Waals surface area contributed by atoms with Gasteiger partial charge in [-0.25, -0.2) is 0 Å². The third kappa shape index (κ3) is 6.62. The van der Waals surface area contributed by atoms with Crippen LogP contribution in [0.4, 0.5) is 0 Å². The quantitative estimate of drug-likeness (QED) is 0.168. The van der Waals surface area contributed by atoms with E-state index in [-0.39, 0.29) is 5.78 Å². The molecule has 220 valence electrons. The van der Waals surface area contributed by atoms with Crippen molar-refractivity contribution < 1.29 is 33.2 Å². The van der Waals surface area contributed by atoms with Crippen molar-refractivity contribution in [1.82, 2.24) is 0 Å². The topological polar surface area (TPSA) is 72.5 Å². The molecule has 0 fully saturated rings. The highest BCUT2D eigenvalue weighted by Gasteiger charge is 2.35. The Bertz CT molecular complexity index is 1390. The van der Waals surface area contributed by atoms with Gasteiger partial charge in [0.1, 0.15) is 40.3 Å². The fraction of sp³-hybridized carbons (Fsp3) is 0.286. The van der Waals surface area contributed by atoms with Gasteiger partial charge in [-0.05, 0) is 72.5 Å². The normalized spacial score (nSPS) is 12.1. The minimum Gasteiger partial charge on any atom is -0.497 e. The van der Waals surface area contributed by atoms with Gasteiger partial charge in [0.05, 0.1) is 54.5 Å². The number of Topliss-reactive ketones (excluding diaryl/α,β-unsaturated/α-hetero) is 1. The largest absolute Gasteiger partial charge is 0.497 e. The van der Waals surface area contributed by atoms with E-state index in [0.717, 1.165) is 22.3 Å². The minimum absolute atomic E-state index is 0.0232. The second kappa shape index (κ2) is 14.3. The van der Waals surface area contributed by atoms with Crippen LogP contribution in [0, 0.1) is 0 Å². The first kappa shape index (κ1) is 30.3. The Hall–Kier alpha value is -4.65. The summed E-state index contributed by atoms with van der Waals surface area (Å²) in [5, 5.41) is 0. The Morgan fingerprint density at radius 2 is 0.881 bits per heavy atom. The van der Waals surface area contributed by atoms with Crippen molar-refractivity contribution in [2.45, 2.75) is 24.7 Å². The highest BCUT2D eigenvalue weighted by atomic mass is 16.5. The molecular weight excluding hydrogens is 532 g/mol. The van der Waals surface area contributed by atoms with E-state index in [2.05, 4.69) is 0 Å². The Balaban J connectivity index is 1.94. The van der Waals surface area contributed by atoms with E-state index >= 15 is 4.79 Å². The third-order valence-corrected chi connectivity index (χ3v) is 7.54. The van der Waals surface area contributed by atoms with E-state index in [1.807, 2.05) is 84.9 Å². The Labute approximate surface area is 247 Å². The molecule has 4 rings (SSSR count). The number of para-hydroxylation sites is 2. The molecule has 0 aliphatic rings. The van der Waals surface area contributed by atoms with E-state index in [1.54, 1.807) is 42.7 Å². The van der Waals surface area contributed by atoms with Crippen LogP contribution >= 0.6 is 0 Å². The van der Waals surface area contributed by atoms with Crippen LogP contribution in [0.25, 0.3) is 0 Å². The average Bonchev–Trinajstić information content (AvgIpc) is 3.05. The van der Waals surface area contributed by atoms with Gasteiger partial charge in [0.25, 0.3) is 0 Å². The van der Waals surface area contributed by atoms with E-state index in [9.17, 15) is 0 Å². The van der Waals surface area contributed by atoms with Gasteiger partial charge >= 0.3 is 0 Å². The molecule has 0 amide bonds. The summed E-state index contributed by atoms with van der Waals surface area (Å²) in [5.41, 5.74) is 3.24. The molecule has 0 aliphatic heterocycles. The second-order valence-corrected chi connectivity index (χ2v) is 9.76. The first-order valence-corrected chi connectivity index (χ1v) is 13.7.